The Labute approximate surface area is 133 Å². The molecular formula is C15H19N3O5. The average molecular weight is 321 g/mol. The largest absolute Gasteiger partial charge is 0.393 e. The van der Waals surface area contributed by atoms with Gasteiger partial charge < -0.3 is 20.5 Å². The van der Waals surface area contributed by atoms with E-state index in [0.29, 0.717) is 13.2 Å². The Morgan fingerprint density at radius 3 is 2.57 bits per heavy atom. The highest BCUT2D eigenvalue weighted by molar-refractivity contribution is 5.95. The zero-order valence-electron chi connectivity index (χ0n) is 12.6. The van der Waals surface area contributed by atoms with Gasteiger partial charge in [-0.3, -0.25) is 14.9 Å². The van der Waals surface area contributed by atoms with E-state index in [1.807, 2.05) is 0 Å². The summed E-state index contributed by atoms with van der Waals surface area (Å²) in [7, 11) is 0. The van der Waals surface area contributed by atoms with Gasteiger partial charge in [0.25, 0.3) is 11.6 Å². The van der Waals surface area contributed by atoms with Crippen LogP contribution in [0.2, 0.25) is 0 Å². The van der Waals surface area contributed by atoms with Crippen LogP contribution in [0.3, 0.4) is 0 Å². The zero-order valence-corrected chi connectivity index (χ0v) is 12.6. The van der Waals surface area contributed by atoms with E-state index in [-0.39, 0.29) is 28.9 Å². The third kappa shape index (κ3) is 3.27. The van der Waals surface area contributed by atoms with Crippen LogP contribution in [0.25, 0.3) is 0 Å². The second kappa shape index (κ2) is 6.13. The number of rotatable bonds is 3. The molecule has 3 N–H and O–H groups in total. The maximum atomic E-state index is 12.3. The second-order valence-electron chi connectivity index (χ2n) is 5.89. The molecule has 1 aliphatic heterocycles. The molecule has 1 amide bonds. The van der Waals surface area contributed by atoms with E-state index < -0.39 is 10.7 Å². The molecule has 8 heteroatoms. The summed E-state index contributed by atoms with van der Waals surface area (Å²) in [5, 5.41) is 13.8. The summed E-state index contributed by atoms with van der Waals surface area (Å²) in [6, 6.07) is 4.09. The highest BCUT2D eigenvalue weighted by atomic mass is 16.7. The van der Waals surface area contributed by atoms with Gasteiger partial charge in [-0.05, 0) is 25.0 Å². The van der Waals surface area contributed by atoms with E-state index in [1.165, 1.54) is 18.2 Å². The summed E-state index contributed by atoms with van der Waals surface area (Å²) in [6.45, 7) is 1.23. The molecule has 1 heterocycles. The number of amides is 1. The number of carbonyl (C=O) groups excluding carboxylic acids is 1. The third-order valence-corrected chi connectivity index (χ3v) is 4.39. The number of nitrogens with zero attached hydrogens (tertiary/aromatic N) is 1. The van der Waals surface area contributed by atoms with Gasteiger partial charge in [-0.25, -0.2) is 0 Å². The standard InChI is InChI=1S/C15H19N3O5/c16-12-2-1-10(9-13(12)18(20)21)14(19)17-11-3-5-15(6-4-11)22-7-8-23-15/h1-2,9,11H,3-8,16H2,(H,17,19). The lowest BCUT2D eigenvalue weighted by molar-refractivity contribution is -0.383. The summed E-state index contributed by atoms with van der Waals surface area (Å²) < 4.78 is 11.3. The van der Waals surface area contributed by atoms with Gasteiger partial charge in [-0.2, -0.15) is 0 Å². The Morgan fingerprint density at radius 1 is 1.30 bits per heavy atom. The van der Waals surface area contributed by atoms with Gasteiger partial charge in [0.15, 0.2) is 5.79 Å². The molecular weight excluding hydrogens is 302 g/mol. The molecule has 0 bridgehead atoms. The molecule has 23 heavy (non-hydrogen) atoms. The minimum atomic E-state index is -0.592. The van der Waals surface area contributed by atoms with Crippen molar-refractivity contribution in [3.05, 3.63) is 33.9 Å². The van der Waals surface area contributed by atoms with E-state index in [0.717, 1.165) is 25.7 Å². The summed E-state index contributed by atoms with van der Waals surface area (Å²) in [5.41, 5.74) is 5.56. The Morgan fingerprint density at radius 2 is 1.96 bits per heavy atom. The average Bonchev–Trinajstić information content (AvgIpc) is 2.98. The van der Waals surface area contributed by atoms with Crippen molar-refractivity contribution in [3.63, 3.8) is 0 Å². The number of hydrogen-bond donors (Lipinski definition) is 2. The Balaban J connectivity index is 1.61. The predicted molar refractivity (Wildman–Crippen MR) is 81.9 cm³/mol. The summed E-state index contributed by atoms with van der Waals surface area (Å²) in [5.74, 6) is -0.802. The van der Waals surface area contributed by atoms with Crippen molar-refractivity contribution in [1.82, 2.24) is 5.32 Å². The number of nitro benzene ring substituents is 1. The minimum absolute atomic E-state index is 0.0116. The smallest absolute Gasteiger partial charge is 0.292 e. The normalized spacial score (nSPS) is 20.5. The number of nitro groups is 1. The van der Waals surface area contributed by atoms with Crippen molar-refractivity contribution < 1.29 is 19.2 Å². The lowest BCUT2D eigenvalue weighted by Crippen LogP contribution is -2.44. The maximum absolute atomic E-state index is 12.3. The van der Waals surface area contributed by atoms with Crippen LogP contribution in [0.5, 0.6) is 0 Å². The Kier molecular flexibility index (Phi) is 4.18. The third-order valence-electron chi connectivity index (χ3n) is 4.39. The number of nitrogens with one attached hydrogen (secondary N) is 1. The topological polar surface area (TPSA) is 117 Å². The number of carbonyl (C=O) groups is 1. The Bertz CT molecular complexity index is 618. The first-order chi connectivity index (χ1) is 11.0. The van der Waals surface area contributed by atoms with Crippen LogP contribution in [0.4, 0.5) is 11.4 Å². The molecule has 1 spiro atoms. The van der Waals surface area contributed by atoms with Gasteiger partial charge >= 0.3 is 0 Å². The molecule has 0 unspecified atom stereocenters. The number of ether oxygens (including phenoxy) is 2. The fourth-order valence-corrected chi connectivity index (χ4v) is 3.10. The van der Waals surface area contributed by atoms with E-state index in [4.69, 9.17) is 15.2 Å². The van der Waals surface area contributed by atoms with Gasteiger partial charge in [0.2, 0.25) is 0 Å². The monoisotopic (exact) mass is 321 g/mol. The van der Waals surface area contributed by atoms with Gasteiger partial charge in [-0.15, -0.1) is 0 Å². The van der Waals surface area contributed by atoms with Crippen LogP contribution in [0, 0.1) is 10.1 Å². The molecule has 1 aliphatic carbocycles. The molecule has 0 radical (unpaired) electrons. The first-order valence-electron chi connectivity index (χ1n) is 7.62. The highest BCUT2D eigenvalue weighted by Gasteiger charge is 2.40. The van der Waals surface area contributed by atoms with Crippen molar-refractivity contribution >= 4 is 17.3 Å². The minimum Gasteiger partial charge on any atom is -0.393 e. The van der Waals surface area contributed by atoms with Crippen molar-refractivity contribution in [1.29, 1.82) is 0 Å². The van der Waals surface area contributed by atoms with E-state index in [2.05, 4.69) is 5.32 Å². The highest BCUT2D eigenvalue weighted by Crippen LogP contribution is 2.35. The molecule has 2 aliphatic rings. The van der Waals surface area contributed by atoms with Gasteiger partial charge in [0, 0.05) is 30.5 Å². The molecule has 3 rings (SSSR count). The summed E-state index contributed by atoms with van der Waals surface area (Å²) in [4.78, 5) is 22.6. The molecule has 0 atom stereocenters. The lowest BCUT2D eigenvalue weighted by atomic mass is 9.90. The van der Waals surface area contributed by atoms with Gasteiger partial charge in [-0.1, -0.05) is 0 Å². The fraction of sp³-hybridized carbons (Fsp3) is 0.533. The summed E-state index contributed by atoms with van der Waals surface area (Å²) >= 11 is 0. The van der Waals surface area contributed by atoms with E-state index >= 15 is 0 Å². The van der Waals surface area contributed by atoms with Crippen LogP contribution in [-0.4, -0.2) is 35.9 Å². The van der Waals surface area contributed by atoms with Crippen LogP contribution >= 0.6 is 0 Å². The molecule has 1 saturated carbocycles. The van der Waals surface area contributed by atoms with Gasteiger partial charge in [0.05, 0.1) is 18.1 Å². The first-order valence-corrected chi connectivity index (χ1v) is 7.62. The molecule has 8 nitrogen and oxygen atoms in total. The van der Waals surface area contributed by atoms with E-state index in [1.54, 1.807) is 0 Å². The van der Waals surface area contributed by atoms with Crippen molar-refractivity contribution in [2.45, 2.75) is 37.5 Å². The van der Waals surface area contributed by atoms with Crippen LogP contribution in [0.1, 0.15) is 36.0 Å². The SMILES string of the molecule is Nc1ccc(C(=O)NC2CCC3(CC2)OCCO3)cc1[N+](=O)[O-]. The van der Waals surface area contributed by atoms with Crippen LogP contribution in [0.15, 0.2) is 18.2 Å². The quantitative estimate of drug-likeness (QED) is 0.496. The second-order valence-corrected chi connectivity index (χ2v) is 5.89. The lowest BCUT2D eigenvalue weighted by Gasteiger charge is -2.35. The van der Waals surface area contributed by atoms with Crippen LogP contribution < -0.4 is 11.1 Å². The molecule has 124 valence electrons. The maximum Gasteiger partial charge on any atom is 0.292 e. The summed E-state index contributed by atoms with van der Waals surface area (Å²) in [6.07, 6.45) is 2.98. The number of benzene rings is 1. The molecule has 1 aromatic rings. The Hall–Kier alpha value is -2.19. The van der Waals surface area contributed by atoms with Crippen molar-refractivity contribution in [2.24, 2.45) is 0 Å². The molecule has 0 aromatic heterocycles. The molecule has 2 fully saturated rings. The predicted octanol–water partition coefficient (Wildman–Crippen LogP) is 1.59. The molecule has 1 saturated heterocycles. The van der Waals surface area contributed by atoms with Crippen molar-refractivity contribution in [2.75, 3.05) is 18.9 Å². The first kappa shape index (κ1) is 15.7. The van der Waals surface area contributed by atoms with Crippen molar-refractivity contribution in [3.8, 4) is 0 Å². The van der Waals surface area contributed by atoms with Crippen LogP contribution in [-0.2, 0) is 9.47 Å². The number of nitrogen functional groups attached to an aromatic ring is 1. The number of anilines is 1. The van der Waals surface area contributed by atoms with E-state index in [9.17, 15) is 14.9 Å². The molecule has 1 aromatic carbocycles. The zero-order chi connectivity index (χ0) is 16.4. The number of nitrogens with two attached hydrogens (primary N) is 1. The van der Waals surface area contributed by atoms with Gasteiger partial charge in [0.1, 0.15) is 5.69 Å². The fourth-order valence-electron chi connectivity index (χ4n) is 3.10. The number of hydrogen-bond acceptors (Lipinski definition) is 6.